The molecular weight excluding hydrogens is 654 g/mol. The van der Waals surface area contributed by atoms with E-state index in [-0.39, 0.29) is 36.2 Å². The Kier molecular flexibility index (Phi) is 12.2. The molecule has 10 nitrogen and oxygen atoms in total. The summed E-state index contributed by atoms with van der Waals surface area (Å²) in [5.41, 5.74) is -0.554. The summed E-state index contributed by atoms with van der Waals surface area (Å²) >= 11 is 3.70. The first-order chi connectivity index (χ1) is 22.1. The SMILES string of the molecule is C=CCCC(=O)N(C)[C@@H](C)[C@@H](OC(=O)[C@H]1[C@@H]2O[C@@]3(CC2Br)[C@@H]1C(=O)N(CCO)[C@@H]3C(=O)N(CC=C)CCCCC)c1ccccc1. The fraction of sp³-hybridized carbons (Fsp3) is 0.600. The van der Waals surface area contributed by atoms with Gasteiger partial charge < -0.3 is 29.3 Å². The molecule has 1 aromatic carbocycles. The molecule has 0 aliphatic carbocycles. The molecule has 0 saturated carbocycles. The van der Waals surface area contributed by atoms with Crippen molar-refractivity contribution in [1.29, 1.82) is 0 Å². The number of alkyl halides is 1. The molecule has 1 spiro atoms. The maximum Gasteiger partial charge on any atom is 0.313 e. The van der Waals surface area contributed by atoms with Gasteiger partial charge in [0.15, 0.2) is 0 Å². The maximum absolute atomic E-state index is 14.3. The molecule has 1 aromatic rings. The van der Waals surface area contributed by atoms with E-state index in [2.05, 4.69) is 36.0 Å². The lowest BCUT2D eigenvalue weighted by Crippen LogP contribution is -2.57. The van der Waals surface area contributed by atoms with Gasteiger partial charge in [0.05, 0.1) is 30.6 Å². The Morgan fingerprint density at radius 2 is 1.93 bits per heavy atom. The second-order valence-electron chi connectivity index (χ2n) is 12.5. The molecule has 8 atom stereocenters. The van der Waals surface area contributed by atoms with Gasteiger partial charge >= 0.3 is 5.97 Å². The van der Waals surface area contributed by atoms with Crippen LogP contribution in [0.3, 0.4) is 0 Å². The lowest BCUT2D eigenvalue weighted by Gasteiger charge is -2.37. The van der Waals surface area contributed by atoms with Gasteiger partial charge in [-0.2, -0.15) is 0 Å². The first kappa shape index (κ1) is 35.8. The number of halogens is 1. The zero-order valence-electron chi connectivity index (χ0n) is 27.2. The number of likely N-dealkylation sites (tertiary alicyclic amines) is 1. The average Bonchev–Trinajstić information content (AvgIpc) is 3.64. The Hall–Kier alpha value is -3.02. The van der Waals surface area contributed by atoms with Gasteiger partial charge in [-0.1, -0.05) is 78.2 Å². The number of aliphatic hydroxyl groups excluding tert-OH is 1. The van der Waals surface area contributed by atoms with Gasteiger partial charge in [-0.25, -0.2) is 0 Å². The van der Waals surface area contributed by atoms with Crippen molar-refractivity contribution < 1.29 is 33.8 Å². The Balaban J connectivity index is 1.67. The van der Waals surface area contributed by atoms with Crippen LogP contribution in [-0.4, -0.2) is 105 Å². The summed E-state index contributed by atoms with van der Waals surface area (Å²) in [5, 5.41) is 9.96. The molecule has 3 aliphatic heterocycles. The highest BCUT2D eigenvalue weighted by atomic mass is 79.9. The Labute approximate surface area is 280 Å². The van der Waals surface area contributed by atoms with Crippen molar-refractivity contribution in [2.75, 3.05) is 33.3 Å². The van der Waals surface area contributed by atoms with Crippen molar-refractivity contribution >= 4 is 39.6 Å². The minimum absolute atomic E-state index is 0.0611. The van der Waals surface area contributed by atoms with Crippen molar-refractivity contribution in [3.63, 3.8) is 0 Å². The van der Waals surface area contributed by atoms with Crippen LogP contribution in [0.15, 0.2) is 55.6 Å². The van der Waals surface area contributed by atoms with Crippen LogP contribution in [0.2, 0.25) is 0 Å². The summed E-state index contributed by atoms with van der Waals surface area (Å²) in [5.74, 6) is -3.35. The van der Waals surface area contributed by atoms with E-state index in [4.69, 9.17) is 9.47 Å². The Morgan fingerprint density at radius 3 is 2.57 bits per heavy atom. The van der Waals surface area contributed by atoms with E-state index >= 15 is 0 Å². The predicted molar refractivity (Wildman–Crippen MR) is 178 cm³/mol. The lowest BCUT2D eigenvalue weighted by molar-refractivity contribution is -0.164. The Bertz CT molecular complexity index is 1280. The van der Waals surface area contributed by atoms with Gasteiger partial charge in [0.1, 0.15) is 17.7 Å². The third-order valence-electron chi connectivity index (χ3n) is 9.70. The van der Waals surface area contributed by atoms with Crippen LogP contribution in [0.5, 0.6) is 0 Å². The predicted octanol–water partition coefficient (Wildman–Crippen LogP) is 4.03. The number of esters is 1. The second-order valence-corrected chi connectivity index (χ2v) is 13.7. The number of carbonyl (C=O) groups is 4. The number of unbranched alkanes of at least 4 members (excludes halogenated alkanes) is 2. The van der Waals surface area contributed by atoms with E-state index in [1.165, 1.54) is 4.90 Å². The number of likely N-dealkylation sites (N-methyl/N-ethyl adjacent to an activating group) is 1. The zero-order chi connectivity index (χ0) is 33.6. The molecule has 11 heteroatoms. The number of amides is 3. The normalized spacial score (nSPS) is 27.5. The van der Waals surface area contributed by atoms with Gasteiger partial charge in [0, 0.05) is 37.9 Å². The van der Waals surface area contributed by atoms with Crippen LogP contribution in [-0.2, 0) is 28.7 Å². The summed E-state index contributed by atoms with van der Waals surface area (Å²) in [6.07, 6.45) is 5.73. The number of carbonyl (C=O) groups excluding carboxylic acids is 4. The van der Waals surface area contributed by atoms with E-state index in [0.717, 1.165) is 19.3 Å². The van der Waals surface area contributed by atoms with Crippen LogP contribution in [0.4, 0.5) is 0 Å². The number of nitrogens with zero attached hydrogens (tertiary/aromatic N) is 3. The van der Waals surface area contributed by atoms with Crippen molar-refractivity contribution in [3.05, 3.63) is 61.2 Å². The third-order valence-corrected chi connectivity index (χ3v) is 10.5. The summed E-state index contributed by atoms with van der Waals surface area (Å²) in [6, 6.07) is 7.70. The van der Waals surface area contributed by atoms with Gasteiger partial charge in [-0.15, -0.1) is 13.2 Å². The monoisotopic (exact) mass is 701 g/mol. The standard InChI is InChI=1S/C35H48BrN3O7/c1-6-9-14-19-38(18-8-3)33(43)31-35-22-25(36)30(46-35)27(28(35)32(42)39(31)20-21-40)34(44)45-29(24-15-12-11-13-16-24)23(4)37(5)26(41)17-10-7-2/h7-8,11-13,15-16,23,25,27-31,40H,2-3,6,9-10,14,17-22H2,1,4-5H3/t23-,25?,27+,28-,29+,30+,31+,35-/m0/s1. The van der Waals surface area contributed by atoms with Gasteiger partial charge in [-0.3, -0.25) is 19.2 Å². The van der Waals surface area contributed by atoms with Crippen LogP contribution in [0.1, 0.15) is 64.0 Å². The molecule has 1 N–H and O–H groups in total. The topological polar surface area (TPSA) is 117 Å². The molecule has 3 fully saturated rings. The molecule has 3 amide bonds. The molecule has 0 radical (unpaired) electrons. The molecule has 46 heavy (non-hydrogen) atoms. The number of benzene rings is 1. The van der Waals surface area contributed by atoms with E-state index in [1.54, 1.807) is 29.0 Å². The lowest BCUT2D eigenvalue weighted by atomic mass is 9.70. The van der Waals surface area contributed by atoms with E-state index < -0.39 is 53.6 Å². The summed E-state index contributed by atoms with van der Waals surface area (Å²) in [7, 11) is 1.68. The van der Waals surface area contributed by atoms with Gasteiger partial charge in [0.25, 0.3) is 0 Å². The highest BCUT2D eigenvalue weighted by molar-refractivity contribution is 9.09. The smallest absolute Gasteiger partial charge is 0.313 e. The minimum atomic E-state index is -1.26. The molecule has 1 unspecified atom stereocenters. The second kappa shape index (κ2) is 15.7. The average molecular weight is 703 g/mol. The molecule has 3 saturated heterocycles. The summed E-state index contributed by atoms with van der Waals surface area (Å²) in [4.78, 5) is 60.1. The summed E-state index contributed by atoms with van der Waals surface area (Å²) < 4.78 is 12.9. The molecule has 2 bridgehead atoms. The largest absolute Gasteiger partial charge is 0.455 e. The number of hydrogen-bond acceptors (Lipinski definition) is 7. The van der Waals surface area contributed by atoms with E-state index in [9.17, 15) is 24.3 Å². The maximum atomic E-state index is 14.3. The zero-order valence-corrected chi connectivity index (χ0v) is 28.8. The van der Waals surface area contributed by atoms with Crippen molar-refractivity contribution in [2.24, 2.45) is 11.8 Å². The minimum Gasteiger partial charge on any atom is -0.455 e. The quantitative estimate of drug-likeness (QED) is 0.113. The van der Waals surface area contributed by atoms with Crippen LogP contribution < -0.4 is 0 Å². The van der Waals surface area contributed by atoms with E-state index in [1.807, 2.05) is 37.3 Å². The fourth-order valence-corrected chi connectivity index (χ4v) is 8.27. The number of aliphatic hydroxyl groups is 1. The number of β-amino-alcohol motifs (C(OH)–C–C–N with tert-alkyl or cyclic N) is 1. The van der Waals surface area contributed by atoms with Crippen LogP contribution in [0.25, 0.3) is 0 Å². The fourth-order valence-electron chi connectivity index (χ4n) is 7.32. The van der Waals surface area contributed by atoms with Crippen molar-refractivity contribution in [3.8, 4) is 0 Å². The third kappa shape index (κ3) is 6.82. The molecule has 0 aromatic heterocycles. The van der Waals surface area contributed by atoms with Crippen molar-refractivity contribution in [1.82, 2.24) is 14.7 Å². The molecule has 4 rings (SSSR count). The first-order valence-electron chi connectivity index (χ1n) is 16.3. The highest BCUT2D eigenvalue weighted by Crippen LogP contribution is 2.60. The molecule has 3 heterocycles. The van der Waals surface area contributed by atoms with Gasteiger partial charge in [-0.05, 0) is 31.7 Å². The molecular formula is C35H48BrN3O7. The molecule has 252 valence electrons. The number of allylic oxidation sites excluding steroid dienone is 1. The summed E-state index contributed by atoms with van der Waals surface area (Å²) in [6.45, 7) is 11.8. The van der Waals surface area contributed by atoms with Crippen molar-refractivity contribution in [2.45, 2.75) is 87.1 Å². The number of fused-ring (bicyclic) bond motifs is 1. The van der Waals surface area contributed by atoms with Gasteiger partial charge in [0.2, 0.25) is 17.7 Å². The van der Waals surface area contributed by atoms with Crippen LogP contribution >= 0.6 is 15.9 Å². The Morgan fingerprint density at radius 1 is 1.22 bits per heavy atom. The first-order valence-corrected chi connectivity index (χ1v) is 17.2. The highest BCUT2D eigenvalue weighted by Gasteiger charge is 2.77. The number of ether oxygens (including phenoxy) is 2. The molecule has 3 aliphatic rings. The number of rotatable bonds is 17. The number of hydrogen-bond donors (Lipinski definition) is 1. The van der Waals surface area contributed by atoms with E-state index in [0.29, 0.717) is 31.5 Å². The van der Waals surface area contributed by atoms with Crippen LogP contribution in [0, 0.1) is 11.8 Å².